The standard InChI is InChI=1S/C15H13F2N3O4/c16-10-2-1-3-11(17)14(10)13(21)7-19-12-5-4-8(20(23)24)6-9(12)15(18)22/h1-6,13,19,21H,7H2,(H2,18,22). The number of nitro groups is 1. The lowest BCUT2D eigenvalue weighted by Crippen LogP contribution is -2.19. The second-order valence-corrected chi connectivity index (χ2v) is 4.88. The van der Waals surface area contributed by atoms with Crippen LogP contribution in [0.2, 0.25) is 0 Å². The number of anilines is 1. The van der Waals surface area contributed by atoms with Crippen molar-refractivity contribution >= 4 is 17.3 Å². The Bertz CT molecular complexity index is 778. The monoisotopic (exact) mass is 337 g/mol. The van der Waals surface area contributed by atoms with Gasteiger partial charge in [0.2, 0.25) is 0 Å². The third kappa shape index (κ3) is 3.63. The summed E-state index contributed by atoms with van der Waals surface area (Å²) >= 11 is 0. The molecule has 7 nitrogen and oxygen atoms in total. The van der Waals surface area contributed by atoms with Gasteiger partial charge in [0, 0.05) is 24.4 Å². The quantitative estimate of drug-likeness (QED) is 0.551. The third-order valence-electron chi connectivity index (χ3n) is 3.30. The highest BCUT2D eigenvalue weighted by Gasteiger charge is 2.19. The summed E-state index contributed by atoms with van der Waals surface area (Å²) in [6.07, 6.45) is -1.54. The normalized spacial score (nSPS) is 11.8. The molecule has 9 heteroatoms. The molecule has 0 aliphatic rings. The number of amides is 1. The Labute approximate surface area is 134 Å². The van der Waals surface area contributed by atoms with E-state index in [1.165, 1.54) is 6.07 Å². The van der Waals surface area contributed by atoms with Crippen molar-refractivity contribution in [1.82, 2.24) is 0 Å². The summed E-state index contributed by atoms with van der Waals surface area (Å²) in [6, 6.07) is 6.49. The number of benzene rings is 2. The second-order valence-electron chi connectivity index (χ2n) is 4.88. The molecule has 0 radical (unpaired) electrons. The minimum Gasteiger partial charge on any atom is -0.386 e. The average Bonchev–Trinajstić information content (AvgIpc) is 2.52. The molecule has 0 saturated carbocycles. The van der Waals surface area contributed by atoms with Crippen LogP contribution in [0.4, 0.5) is 20.2 Å². The number of carbonyl (C=O) groups is 1. The Kier molecular flexibility index (Phi) is 5.05. The molecule has 0 spiro atoms. The Morgan fingerprint density at radius 1 is 1.29 bits per heavy atom. The van der Waals surface area contributed by atoms with E-state index in [0.717, 1.165) is 30.3 Å². The van der Waals surface area contributed by atoms with Gasteiger partial charge in [-0.2, -0.15) is 0 Å². The van der Waals surface area contributed by atoms with E-state index in [0.29, 0.717) is 0 Å². The van der Waals surface area contributed by atoms with Crippen molar-refractivity contribution in [2.24, 2.45) is 5.73 Å². The van der Waals surface area contributed by atoms with Crippen LogP contribution in [0, 0.1) is 21.7 Å². The molecule has 126 valence electrons. The number of hydrogen-bond acceptors (Lipinski definition) is 5. The molecule has 1 atom stereocenters. The van der Waals surface area contributed by atoms with E-state index < -0.39 is 34.1 Å². The van der Waals surface area contributed by atoms with Crippen LogP contribution in [0.5, 0.6) is 0 Å². The minimum absolute atomic E-state index is 0.101. The molecule has 0 heterocycles. The molecule has 1 unspecified atom stereocenters. The summed E-state index contributed by atoms with van der Waals surface area (Å²) in [6.45, 7) is -0.337. The molecule has 0 aromatic heterocycles. The predicted octanol–water partition coefficient (Wildman–Crippen LogP) is 2.12. The number of aliphatic hydroxyl groups excluding tert-OH is 1. The number of nitrogens with one attached hydrogen (secondary N) is 1. The van der Waals surface area contributed by atoms with Gasteiger partial charge >= 0.3 is 0 Å². The van der Waals surface area contributed by atoms with Crippen LogP contribution in [0.3, 0.4) is 0 Å². The topological polar surface area (TPSA) is 118 Å². The van der Waals surface area contributed by atoms with E-state index in [1.807, 2.05) is 0 Å². The van der Waals surface area contributed by atoms with Crippen molar-refractivity contribution in [2.75, 3.05) is 11.9 Å². The van der Waals surface area contributed by atoms with Crippen molar-refractivity contribution in [3.8, 4) is 0 Å². The SMILES string of the molecule is NC(=O)c1cc([N+](=O)[O-])ccc1NCC(O)c1c(F)cccc1F. The van der Waals surface area contributed by atoms with Gasteiger partial charge < -0.3 is 16.2 Å². The highest BCUT2D eigenvalue weighted by atomic mass is 19.1. The van der Waals surface area contributed by atoms with Crippen molar-refractivity contribution in [2.45, 2.75) is 6.10 Å². The summed E-state index contributed by atoms with van der Waals surface area (Å²) < 4.78 is 27.2. The van der Waals surface area contributed by atoms with Crippen molar-refractivity contribution < 1.29 is 23.6 Å². The third-order valence-corrected chi connectivity index (χ3v) is 3.30. The summed E-state index contributed by atoms with van der Waals surface area (Å²) in [7, 11) is 0. The van der Waals surface area contributed by atoms with Crippen LogP contribution in [0.15, 0.2) is 36.4 Å². The largest absolute Gasteiger partial charge is 0.386 e. The van der Waals surface area contributed by atoms with Gasteiger partial charge in [0.05, 0.1) is 16.1 Å². The molecule has 2 aromatic rings. The fraction of sp³-hybridized carbons (Fsp3) is 0.133. The molecule has 0 bridgehead atoms. The van der Waals surface area contributed by atoms with Crippen molar-refractivity contribution in [3.63, 3.8) is 0 Å². The number of primary amides is 1. The van der Waals surface area contributed by atoms with Gasteiger partial charge in [0.25, 0.3) is 11.6 Å². The lowest BCUT2D eigenvalue weighted by Gasteiger charge is -2.16. The number of nitrogens with two attached hydrogens (primary N) is 1. The number of hydrogen-bond donors (Lipinski definition) is 3. The number of non-ortho nitro benzene ring substituents is 1. The maximum atomic E-state index is 13.6. The Morgan fingerprint density at radius 2 is 1.92 bits per heavy atom. The maximum Gasteiger partial charge on any atom is 0.270 e. The Morgan fingerprint density at radius 3 is 2.46 bits per heavy atom. The summed E-state index contributed by atoms with van der Waals surface area (Å²) in [5.74, 6) is -2.75. The van der Waals surface area contributed by atoms with E-state index in [1.54, 1.807) is 0 Å². The van der Waals surface area contributed by atoms with Gasteiger partial charge in [-0.05, 0) is 18.2 Å². The number of carbonyl (C=O) groups excluding carboxylic acids is 1. The van der Waals surface area contributed by atoms with Gasteiger partial charge in [0.15, 0.2) is 0 Å². The molecule has 0 aliphatic carbocycles. The fourth-order valence-electron chi connectivity index (χ4n) is 2.14. The molecular weight excluding hydrogens is 324 g/mol. The van der Waals surface area contributed by atoms with Crippen LogP contribution in [0.1, 0.15) is 22.0 Å². The Balaban J connectivity index is 2.22. The van der Waals surface area contributed by atoms with E-state index in [2.05, 4.69) is 5.32 Å². The predicted molar refractivity (Wildman–Crippen MR) is 81.4 cm³/mol. The summed E-state index contributed by atoms with van der Waals surface area (Å²) in [5, 5.41) is 23.3. The highest BCUT2D eigenvalue weighted by molar-refractivity contribution is 5.99. The molecule has 0 saturated heterocycles. The van der Waals surface area contributed by atoms with Crippen molar-refractivity contribution in [1.29, 1.82) is 0 Å². The van der Waals surface area contributed by atoms with Gasteiger partial charge in [-0.25, -0.2) is 8.78 Å². The molecule has 0 aliphatic heterocycles. The molecule has 2 rings (SSSR count). The summed E-state index contributed by atoms with van der Waals surface area (Å²) in [5.41, 5.74) is 4.23. The molecule has 1 amide bonds. The fourth-order valence-corrected chi connectivity index (χ4v) is 2.14. The van der Waals surface area contributed by atoms with E-state index in [-0.39, 0.29) is 23.5 Å². The zero-order chi connectivity index (χ0) is 17.9. The molecule has 4 N–H and O–H groups in total. The number of halogens is 2. The first-order valence-electron chi connectivity index (χ1n) is 6.75. The molecular formula is C15H13F2N3O4. The number of nitro benzene ring substituents is 1. The maximum absolute atomic E-state index is 13.6. The number of rotatable bonds is 6. The second kappa shape index (κ2) is 7.01. The zero-order valence-electron chi connectivity index (χ0n) is 12.2. The minimum atomic E-state index is -1.54. The van der Waals surface area contributed by atoms with Crippen LogP contribution in [0.25, 0.3) is 0 Å². The van der Waals surface area contributed by atoms with Crippen LogP contribution >= 0.6 is 0 Å². The van der Waals surface area contributed by atoms with Gasteiger partial charge in [-0.15, -0.1) is 0 Å². The zero-order valence-corrected chi connectivity index (χ0v) is 12.2. The van der Waals surface area contributed by atoms with E-state index in [9.17, 15) is 28.8 Å². The van der Waals surface area contributed by atoms with Gasteiger partial charge in [0.1, 0.15) is 17.7 Å². The summed E-state index contributed by atoms with van der Waals surface area (Å²) in [4.78, 5) is 21.4. The highest BCUT2D eigenvalue weighted by Crippen LogP contribution is 2.24. The van der Waals surface area contributed by atoms with Gasteiger partial charge in [-0.3, -0.25) is 14.9 Å². The van der Waals surface area contributed by atoms with E-state index in [4.69, 9.17) is 5.73 Å². The Hall–Kier alpha value is -3.07. The molecule has 0 fully saturated rings. The first kappa shape index (κ1) is 17.3. The lowest BCUT2D eigenvalue weighted by molar-refractivity contribution is -0.384. The lowest BCUT2D eigenvalue weighted by atomic mass is 10.1. The van der Waals surface area contributed by atoms with Crippen LogP contribution < -0.4 is 11.1 Å². The first-order valence-corrected chi connectivity index (χ1v) is 6.75. The van der Waals surface area contributed by atoms with Gasteiger partial charge in [-0.1, -0.05) is 6.07 Å². The van der Waals surface area contributed by atoms with E-state index >= 15 is 0 Å². The average molecular weight is 337 g/mol. The van der Waals surface area contributed by atoms with Crippen LogP contribution in [-0.2, 0) is 0 Å². The molecule has 2 aromatic carbocycles. The smallest absolute Gasteiger partial charge is 0.270 e. The first-order chi connectivity index (χ1) is 11.3. The van der Waals surface area contributed by atoms with Crippen LogP contribution in [-0.4, -0.2) is 22.5 Å². The van der Waals surface area contributed by atoms with Crippen molar-refractivity contribution in [3.05, 3.63) is 69.3 Å². The molecule has 24 heavy (non-hydrogen) atoms. The number of aliphatic hydroxyl groups is 1. The number of nitrogens with zero attached hydrogens (tertiary/aromatic N) is 1.